The monoisotopic (exact) mass is 547 g/mol. The zero-order chi connectivity index (χ0) is 28.2. The minimum absolute atomic E-state index is 0.266. The third-order valence-corrected chi connectivity index (χ3v) is 9.61. The smallest absolute Gasteiger partial charge is 0.346 e. The first kappa shape index (κ1) is 27.4. The standard InChI is InChI=1S/C36H41N3O2/c37-25-30(36(40)41)9-1-6-16-33(26-17-19-34-28(23-26)10-7-21-38(34)31-12-2-3-13-31)27-18-20-35-29(24-27)11-8-22-39(35)32-14-4-5-15-32/h1,6,9,16-20,23-24,31-32H,2-5,7-8,10-15,21-22H2,(H,40,41)/b6-1+,30-9+. The van der Waals surface area contributed by atoms with Crippen molar-refractivity contribution < 1.29 is 9.90 Å². The number of nitriles is 1. The normalized spacial score (nSPS) is 19.7. The molecule has 2 aliphatic heterocycles. The van der Waals surface area contributed by atoms with Crippen LogP contribution in [-0.2, 0) is 17.6 Å². The predicted octanol–water partition coefficient (Wildman–Crippen LogP) is 7.60. The van der Waals surface area contributed by atoms with Crippen molar-refractivity contribution >= 4 is 22.9 Å². The minimum Gasteiger partial charge on any atom is -0.477 e. The number of rotatable bonds is 7. The third-order valence-electron chi connectivity index (χ3n) is 9.61. The van der Waals surface area contributed by atoms with Gasteiger partial charge in [0.25, 0.3) is 0 Å². The Morgan fingerprint density at radius 2 is 1.24 bits per heavy atom. The van der Waals surface area contributed by atoms with Crippen molar-refractivity contribution in [1.82, 2.24) is 0 Å². The number of benzene rings is 2. The second kappa shape index (κ2) is 12.4. The summed E-state index contributed by atoms with van der Waals surface area (Å²) < 4.78 is 0. The zero-order valence-electron chi connectivity index (χ0n) is 24.0. The highest BCUT2D eigenvalue weighted by molar-refractivity contribution is 5.91. The summed E-state index contributed by atoms with van der Waals surface area (Å²) in [5, 5.41) is 18.3. The summed E-state index contributed by atoms with van der Waals surface area (Å²) in [5.74, 6) is -1.20. The van der Waals surface area contributed by atoms with E-state index in [1.54, 1.807) is 12.1 Å². The summed E-state index contributed by atoms with van der Waals surface area (Å²) in [6.45, 7) is 2.31. The molecule has 4 aliphatic rings. The molecule has 6 rings (SSSR count). The molecule has 2 heterocycles. The van der Waals surface area contributed by atoms with E-state index in [1.807, 2.05) is 6.08 Å². The Morgan fingerprint density at radius 1 is 0.756 bits per heavy atom. The maximum absolute atomic E-state index is 11.3. The Labute approximate surface area is 244 Å². The van der Waals surface area contributed by atoms with Crippen LogP contribution < -0.4 is 9.80 Å². The zero-order valence-corrected chi connectivity index (χ0v) is 24.0. The van der Waals surface area contributed by atoms with Crippen LogP contribution >= 0.6 is 0 Å². The lowest BCUT2D eigenvalue weighted by molar-refractivity contribution is -0.132. The minimum atomic E-state index is -1.20. The summed E-state index contributed by atoms with van der Waals surface area (Å²) >= 11 is 0. The van der Waals surface area contributed by atoms with Crippen LogP contribution in [0, 0.1) is 11.3 Å². The van der Waals surface area contributed by atoms with Gasteiger partial charge >= 0.3 is 5.97 Å². The van der Waals surface area contributed by atoms with E-state index in [0.717, 1.165) is 31.5 Å². The highest BCUT2D eigenvalue weighted by atomic mass is 16.4. The van der Waals surface area contributed by atoms with Gasteiger partial charge in [-0.1, -0.05) is 56.0 Å². The Bertz CT molecular complexity index is 1340. The molecule has 2 aromatic carbocycles. The highest BCUT2D eigenvalue weighted by Gasteiger charge is 2.28. The molecule has 212 valence electrons. The molecular formula is C36H41N3O2. The number of carboxylic acids is 1. The first-order valence-electron chi connectivity index (χ1n) is 15.6. The fraction of sp³-hybridized carbons (Fsp3) is 0.444. The van der Waals surface area contributed by atoms with Gasteiger partial charge in [-0.05, 0) is 110 Å². The van der Waals surface area contributed by atoms with E-state index in [2.05, 4.69) is 52.3 Å². The van der Waals surface area contributed by atoms with Crippen molar-refractivity contribution in [3.63, 3.8) is 0 Å². The van der Waals surface area contributed by atoms with Crippen molar-refractivity contribution in [2.45, 2.75) is 89.1 Å². The molecule has 0 atom stereocenters. The molecule has 0 amide bonds. The number of aliphatic carboxylic acids is 1. The second-order valence-electron chi connectivity index (χ2n) is 12.1. The van der Waals surface area contributed by atoms with Gasteiger partial charge in [0.1, 0.15) is 11.6 Å². The average Bonchev–Trinajstić information content (AvgIpc) is 3.73. The van der Waals surface area contributed by atoms with Crippen molar-refractivity contribution in [2.75, 3.05) is 22.9 Å². The SMILES string of the molecule is N#C/C(=C\C=C\C=C(c1ccc2c(c1)CCCN2C1CCCC1)c1ccc2c(c1)CCCN2C1CCCC1)C(=O)O. The van der Waals surface area contributed by atoms with E-state index in [4.69, 9.17) is 5.26 Å². The molecule has 0 saturated heterocycles. The van der Waals surface area contributed by atoms with Crippen LogP contribution in [0.1, 0.15) is 86.5 Å². The lowest BCUT2D eigenvalue weighted by atomic mass is 9.89. The van der Waals surface area contributed by atoms with E-state index in [0.29, 0.717) is 12.1 Å². The quantitative estimate of drug-likeness (QED) is 0.220. The summed E-state index contributed by atoms with van der Waals surface area (Å²) in [6, 6.07) is 17.1. The Kier molecular flexibility index (Phi) is 8.28. The first-order valence-corrected chi connectivity index (χ1v) is 15.6. The number of carboxylic acid groups (broad SMARTS) is 1. The largest absolute Gasteiger partial charge is 0.477 e. The predicted molar refractivity (Wildman–Crippen MR) is 166 cm³/mol. The maximum Gasteiger partial charge on any atom is 0.346 e. The molecule has 41 heavy (non-hydrogen) atoms. The van der Waals surface area contributed by atoms with Crippen molar-refractivity contribution in [1.29, 1.82) is 5.26 Å². The van der Waals surface area contributed by atoms with Gasteiger partial charge in [-0.3, -0.25) is 0 Å². The summed E-state index contributed by atoms with van der Waals surface area (Å²) in [4.78, 5) is 16.6. The molecule has 2 aromatic rings. The van der Waals surface area contributed by atoms with Gasteiger partial charge in [0.05, 0.1) is 0 Å². The van der Waals surface area contributed by atoms with Crippen LogP contribution in [0.3, 0.4) is 0 Å². The molecule has 0 unspecified atom stereocenters. The van der Waals surface area contributed by atoms with Crippen LogP contribution in [0.4, 0.5) is 11.4 Å². The van der Waals surface area contributed by atoms with Crippen LogP contribution in [0.5, 0.6) is 0 Å². The molecule has 0 aromatic heterocycles. The molecule has 5 nitrogen and oxygen atoms in total. The Balaban J connectivity index is 1.36. The van der Waals surface area contributed by atoms with Crippen molar-refractivity contribution in [3.05, 3.63) is 88.5 Å². The molecule has 5 heteroatoms. The fourth-order valence-corrected chi connectivity index (χ4v) is 7.60. The van der Waals surface area contributed by atoms with Crippen LogP contribution in [-0.4, -0.2) is 36.2 Å². The fourth-order valence-electron chi connectivity index (χ4n) is 7.60. The number of hydrogen-bond acceptors (Lipinski definition) is 4. The van der Waals surface area contributed by atoms with E-state index in [-0.39, 0.29) is 5.57 Å². The molecule has 0 bridgehead atoms. The van der Waals surface area contributed by atoms with Gasteiger partial charge in [0, 0.05) is 36.5 Å². The maximum atomic E-state index is 11.3. The van der Waals surface area contributed by atoms with Crippen LogP contribution in [0.25, 0.3) is 5.57 Å². The van der Waals surface area contributed by atoms with Crippen molar-refractivity contribution in [2.24, 2.45) is 0 Å². The third kappa shape index (κ3) is 5.84. The molecule has 1 N–H and O–H groups in total. The summed E-state index contributed by atoms with van der Waals surface area (Å²) in [7, 11) is 0. The van der Waals surface area contributed by atoms with Gasteiger partial charge < -0.3 is 14.9 Å². The lowest BCUT2D eigenvalue weighted by Gasteiger charge is -2.37. The number of allylic oxidation sites excluding steroid dienone is 4. The number of anilines is 2. The number of nitrogens with zero attached hydrogens (tertiary/aromatic N) is 3. The van der Waals surface area contributed by atoms with Gasteiger partial charge in [-0.25, -0.2) is 4.79 Å². The molecular weight excluding hydrogens is 506 g/mol. The second-order valence-corrected chi connectivity index (χ2v) is 12.1. The topological polar surface area (TPSA) is 67.6 Å². The Morgan fingerprint density at radius 3 is 1.71 bits per heavy atom. The number of fused-ring (bicyclic) bond motifs is 2. The summed E-state index contributed by atoms with van der Waals surface area (Å²) in [5.41, 5.74) is 8.91. The number of carbonyl (C=O) groups is 1. The average molecular weight is 548 g/mol. The first-order chi connectivity index (χ1) is 20.1. The van der Waals surface area contributed by atoms with E-state index in [1.165, 1.54) is 104 Å². The molecule has 2 fully saturated rings. The van der Waals surface area contributed by atoms with Gasteiger partial charge in [0.2, 0.25) is 0 Å². The highest BCUT2D eigenvalue weighted by Crippen LogP contribution is 2.39. The molecule has 0 spiro atoms. The number of aryl methyl sites for hydroxylation is 2. The van der Waals surface area contributed by atoms with E-state index in [9.17, 15) is 9.90 Å². The van der Waals surface area contributed by atoms with Crippen molar-refractivity contribution in [3.8, 4) is 6.07 Å². The van der Waals surface area contributed by atoms with Gasteiger partial charge in [0.15, 0.2) is 0 Å². The molecule has 2 aliphatic carbocycles. The Hall–Kier alpha value is -3.78. The van der Waals surface area contributed by atoms with E-state index >= 15 is 0 Å². The number of hydrogen-bond donors (Lipinski definition) is 1. The van der Waals surface area contributed by atoms with Crippen LogP contribution in [0.2, 0.25) is 0 Å². The van der Waals surface area contributed by atoms with Gasteiger partial charge in [-0.2, -0.15) is 5.26 Å². The summed E-state index contributed by atoms with van der Waals surface area (Å²) in [6.07, 6.45) is 22.1. The van der Waals surface area contributed by atoms with E-state index < -0.39 is 5.97 Å². The molecule has 2 saturated carbocycles. The molecule has 0 radical (unpaired) electrons. The van der Waals surface area contributed by atoms with Gasteiger partial charge in [-0.15, -0.1) is 0 Å². The lowest BCUT2D eigenvalue weighted by Crippen LogP contribution is -2.37. The van der Waals surface area contributed by atoms with Crippen LogP contribution in [0.15, 0.2) is 66.3 Å².